The molecular formula is C20H16ClNO2S. The summed E-state index contributed by atoms with van der Waals surface area (Å²) in [5, 5.41) is 1.74. The quantitative estimate of drug-likeness (QED) is 0.505. The molecule has 3 aromatic rings. The molecule has 0 N–H and O–H groups in total. The molecule has 1 aromatic heterocycles. The van der Waals surface area contributed by atoms with Gasteiger partial charge in [-0.1, -0.05) is 41.6 Å². The fraction of sp³-hybridized carbons (Fsp3) is 0.150. The Hall–Kier alpha value is -2.35. The van der Waals surface area contributed by atoms with Gasteiger partial charge in [0.15, 0.2) is 0 Å². The average molecular weight is 370 g/mol. The smallest absolute Gasteiger partial charge is 0.251 e. The van der Waals surface area contributed by atoms with Crippen LogP contribution in [0.2, 0.25) is 5.02 Å². The molecule has 0 unspecified atom stereocenters. The summed E-state index contributed by atoms with van der Waals surface area (Å²) in [5.74, 6) is 7.39. The first-order valence-electron chi connectivity index (χ1n) is 7.71. The van der Waals surface area contributed by atoms with Gasteiger partial charge in [-0.25, -0.2) is 0 Å². The SMILES string of the molecule is Cn1c(=O)cc(SCC#CCOc2ccc(Cl)cc2)c2ccccc21. The first kappa shape index (κ1) is 17.5. The summed E-state index contributed by atoms with van der Waals surface area (Å²) >= 11 is 7.39. The number of halogens is 1. The van der Waals surface area contributed by atoms with Gasteiger partial charge in [-0.05, 0) is 30.3 Å². The van der Waals surface area contributed by atoms with Gasteiger partial charge in [0, 0.05) is 28.4 Å². The summed E-state index contributed by atoms with van der Waals surface area (Å²) in [4.78, 5) is 13.0. The number of thioether (sulfide) groups is 1. The van der Waals surface area contributed by atoms with Gasteiger partial charge < -0.3 is 9.30 Å². The molecular weight excluding hydrogens is 354 g/mol. The fourth-order valence-corrected chi connectivity index (χ4v) is 3.33. The molecule has 5 heteroatoms. The van der Waals surface area contributed by atoms with Crippen molar-refractivity contribution in [2.45, 2.75) is 4.90 Å². The van der Waals surface area contributed by atoms with Crippen LogP contribution in [0.3, 0.4) is 0 Å². The van der Waals surface area contributed by atoms with Crippen molar-refractivity contribution in [3.63, 3.8) is 0 Å². The third-order valence-electron chi connectivity index (χ3n) is 3.67. The zero-order valence-electron chi connectivity index (χ0n) is 13.7. The lowest BCUT2D eigenvalue weighted by molar-refractivity contribution is 0.370. The lowest BCUT2D eigenvalue weighted by atomic mass is 10.2. The van der Waals surface area contributed by atoms with E-state index in [0.717, 1.165) is 21.5 Å². The molecule has 0 aliphatic heterocycles. The number of hydrogen-bond acceptors (Lipinski definition) is 3. The van der Waals surface area contributed by atoms with Crippen LogP contribution in [-0.2, 0) is 7.05 Å². The predicted octanol–water partition coefficient (Wildman–Crippen LogP) is 4.37. The van der Waals surface area contributed by atoms with Gasteiger partial charge in [-0.2, -0.15) is 0 Å². The van der Waals surface area contributed by atoms with Crippen molar-refractivity contribution in [1.29, 1.82) is 0 Å². The molecule has 25 heavy (non-hydrogen) atoms. The van der Waals surface area contributed by atoms with E-state index in [1.165, 1.54) is 0 Å². The summed E-state index contributed by atoms with van der Waals surface area (Å²) < 4.78 is 7.18. The van der Waals surface area contributed by atoms with E-state index in [4.69, 9.17) is 16.3 Å². The molecule has 0 bridgehead atoms. The standard InChI is InChI=1S/C20H16ClNO2S/c1-22-18-7-3-2-6-17(18)19(14-20(22)23)25-13-5-4-12-24-16-10-8-15(21)9-11-16/h2-3,6-11,14H,12-13H2,1H3. The molecule has 0 spiro atoms. The van der Waals surface area contributed by atoms with Crippen molar-refractivity contribution in [3.8, 4) is 17.6 Å². The van der Waals surface area contributed by atoms with Gasteiger partial charge in [0.25, 0.3) is 5.56 Å². The molecule has 3 rings (SSSR count). The molecule has 0 fully saturated rings. The van der Waals surface area contributed by atoms with Gasteiger partial charge in [-0.15, -0.1) is 11.8 Å². The van der Waals surface area contributed by atoms with Crippen LogP contribution < -0.4 is 10.3 Å². The maximum absolute atomic E-state index is 12.1. The minimum atomic E-state index is -0.0137. The first-order chi connectivity index (χ1) is 12.1. The summed E-state index contributed by atoms with van der Waals surface area (Å²) in [5.41, 5.74) is 0.914. The molecule has 0 atom stereocenters. The van der Waals surface area contributed by atoms with E-state index in [2.05, 4.69) is 11.8 Å². The molecule has 0 amide bonds. The number of rotatable bonds is 4. The molecule has 2 aromatic carbocycles. The van der Waals surface area contributed by atoms with Gasteiger partial charge in [-0.3, -0.25) is 4.79 Å². The summed E-state index contributed by atoms with van der Waals surface area (Å²) in [6, 6.07) is 16.7. The summed E-state index contributed by atoms with van der Waals surface area (Å²) in [6.45, 7) is 0.319. The summed E-state index contributed by atoms with van der Waals surface area (Å²) in [6.07, 6.45) is 0. The van der Waals surface area contributed by atoms with Crippen LogP contribution in [0.25, 0.3) is 10.9 Å². The second-order valence-corrected chi connectivity index (χ2v) is 6.76. The highest BCUT2D eigenvalue weighted by molar-refractivity contribution is 7.99. The number of benzene rings is 2. The lowest BCUT2D eigenvalue weighted by Crippen LogP contribution is -2.16. The van der Waals surface area contributed by atoms with Crippen LogP contribution in [0.4, 0.5) is 0 Å². The van der Waals surface area contributed by atoms with Crippen molar-refractivity contribution in [1.82, 2.24) is 4.57 Å². The van der Waals surface area contributed by atoms with E-state index in [1.54, 1.807) is 41.6 Å². The van der Waals surface area contributed by atoms with E-state index in [1.807, 2.05) is 36.4 Å². The minimum absolute atomic E-state index is 0.0137. The van der Waals surface area contributed by atoms with Gasteiger partial charge in [0.1, 0.15) is 12.4 Å². The average Bonchev–Trinajstić information content (AvgIpc) is 2.63. The maximum Gasteiger partial charge on any atom is 0.251 e. The fourth-order valence-electron chi connectivity index (χ4n) is 2.37. The molecule has 0 saturated carbocycles. The molecule has 0 aliphatic rings. The highest BCUT2D eigenvalue weighted by atomic mass is 35.5. The number of ether oxygens (including phenoxy) is 1. The molecule has 3 nitrogen and oxygen atoms in total. The Labute approximate surface area is 155 Å². The third kappa shape index (κ3) is 4.39. The number of pyridine rings is 1. The number of fused-ring (bicyclic) bond motifs is 1. The van der Waals surface area contributed by atoms with Crippen molar-refractivity contribution in [2.24, 2.45) is 7.05 Å². The first-order valence-corrected chi connectivity index (χ1v) is 9.07. The Balaban J connectivity index is 1.61. The van der Waals surface area contributed by atoms with E-state index < -0.39 is 0 Å². The number of para-hydroxylation sites is 1. The zero-order chi connectivity index (χ0) is 17.6. The number of nitrogens with zero attached hydrogens (tertiary/aromatic N) is 1. The Morgan fingerprint density at radius 2 is 1.88 bits per heavy atom. The van der Waals surface area contributed by atoms with Gasteiger partial charge in [0.2, 0.25) is 0 Å². The van der Waals surface area contributed by atoms with E-state index in [9.17, 15) is 4.79 Å². The summed E-state index contributed by atoms with van der Waals surface area (Å²) in [7, 11) is 1.78. The Morgan fingerprint density at radius 1 is 1.12 bits per heavy atom. The van der Waals surface area contributed by atoms with Crippen LogP contribution in [0.5, 0.6) is 5.75 Å². The predicted molar refractivity (Wildman–Crippen MR) is 105 cm³/mol. The molecule has 1 heterocycles. The van der Waals surface area contributed by atoms with Crippen LogP contribution in [0.15, 0.2) is 64.3 Å². The van der Waals surface area contributed by atoms with E-state index in [-0.39, 0.29) is 5.56 Å². The number of aryl methyl sites for hydroxylation is 1. The van der Waals surface area contributed by atoms with Crippen LogP contribution in [0, 0.1) is 11.8 Å². The molecule has 0 saturated heterocycles. The Kier molecular flexibility index (Phi) is 5.70. The van der Waals surface area contributed by atoms with Crippen LogP contribution >= 0.6 is 23.4 Å². The molecule has 0 aliphatic carbocycles. The maximum atomic E-state index is 12.1. The number of hydrogen-bond donors (Lipinski definition) is 0. The second-order valence-electron chi connectivity index (χ2n) is 5.31. The highest BCUT2D eigenvalue weighted by Crippen LogP contribution is 2.25. The van der Waals surface area contributed by atoms with Crippen LogP contribution in [-0.4, -0.2) is 16.9 Å². The van der Waals surface area contributed by atoms with E-state index >= 15 is 0 Å². The lowest BCUT2D eigenvalue weighted by Gasteiger charge is -2.08. The third-order valence-corrected chi connectivity index (χ3v) is 4.85. The normalized spacial score (nSPS) is 10.3. The monoisotopic (exact) mass is 369 g/mol. The van der Waals surface area contributed by atoms with Crippen LogP contribution in [0.1, 0.15) is 0 Å². The van der Waals surface area contributed by atoms with Gasteiger partial charge >= 0.3 is 0 Å². The minimum Gasteiger partial charge on any atom is -0.481 e. The van der Waals surface area contributed by atoms with Crippen molar-refractivity contribution in [3.05, 3.63) is 70.0 Å². The molecule has 0 radical (unpaired) electrons. The second kappa shape index (κ2) is 8.15. The van der Waals surface area contributed by atoms with E-state index in [0.29, 0.717) is 17.4 Å². The number of aromatic nitrogens is 1. The highest BCUT2D eigenvalue weighted by Gasteiger charge is 2.05. The van der Waals surface area contributed by atoms with Crippen molar-refractivity contribution >= 4 is 34.3 Å². The van der Waals surface area contributed by atoms with Crippen molar-refractivity contribution < 1.29 is 4.74 Å². The molecule has 126 valence electrons. The van der Waals surface area contributed by atoms with Crippen molar-refractivity contribution in [2.75, 3.05) is 12.4 Å². The van der Waals surface area contributed by atoms with Gasteiger partial charge in [0.05, 0.1) is 11.3 Å². The topological polar surface area (TPSA) is 31.2 Å². The largest absolute Gasteiger partial charge is 0.481 e. The Bertz CT molecular complexity index is 1000. The zero-order valence-corrected chi connectivity index (χ0v) is 15.2. The Morgan fingerprint density at radius 3 is 2.68 bits per heavy atom.